The summed E-state index contributed by atoms with van der Waals surface area (Å²) in [6, 6.07) is 24.8. The van der Waals surface area contributed by atoms with Gasteiger partial charge >= 0.3 is 5.88 Å². The van der Waals surface area contributed by atoms with E-state index in [2.05, 4.69) is 72.1 Å². The van der Waals surface area contributed by atoms with Crippen LogP contribution < -0.4 is 20.9 Å². The van der Waals surface area contributed by atoms with Crippen LogP contribution in [0.15, 0.2) is 83.5 Å². The summed E-state index contributed by atoms with van der Waals surface area (Å²) in [4.78, 5) is 21.1. The number of nitrogens with one attached hydrogen (secondary N) is 1. The molecule has 0 aliphatic carbocycles. The number of rotatable bonds is 5. The lowest BCUT2D eigenvalue weighted by molar-refractivity contribution is -0.759. The van der Waals surface area contributed by atoms with Crippen LogP contribution in [0.1, 0.15) is 15.2 Å². The van der Waals surface area contributed by atoms with Crippen molar-refractivity contribution >= 4 is 49.8 Å². The summed E-state index contributed by atoms with van der Waals surface area (Å²) >= 11 is 1.27. The number of morpholine rings is 1. The highest BCUT2D eigenvalue weighted by molar-refractivity contribution is 7.21. The molecule has 7 rings (SSSR count). The van der Waals surface area contributed by atoms with E-state index in [4.69, 9.17) is 20.0 Å². The average Bonchev–Trinajstić information content (AvgIpc) is 3.61. The largest absolute Gasteiger partial charge is 0.397 e. The summed E-state index contributed by atoms with van der Waals surface area (Å²) in [5.41, 5.74) is 12.0. The van der Waals surface area contributed by atoms with Gasteiger partial charge in [-0.1, -0.05) is 72.3 Å². The third kappa shape index (κ3) is 4.66. The highest BCUT2D eigenvalue weighted by atomic mass is 32.1. The number of hydrogen-bond donors (Lipinski definition) is 2. The van der Waals surface area contributed by atoms with E-state index in [0.717, 1.165) is 44.1 Å². The van der Waals surface area contributed by atoms with Gasteiger partial charge in [0.2, 0.25) is 5.27 Å². The van der Waals surface area contributed by atoms with Crippen molar-refractivity contribution in [2.24, 2.45) is 0 Å². The minimum absolute atomic E-state index is 0.224. The van der Waals surface area contributed by atoms with E-state index in [-0.39, 0.29) is 11.8 Å². The second-order valence-corrected chi connectivity index (χ2v) is 11.0. The number of benzene rings is 3. The lowest BCUT2D eigenvalue weighted by Gasteiger charge is -2.18. The normalized spacial score (nSPS) is 13.6. The number of fused-ring (bicyclic) bond motifs is 2. The summed E-state index contributed by atoms with van der Waals surface area (Å²) in [5.74, 6) is -0.154. The first kappa shape index (κ1) is 25.2. The van der Waals surface area contributed by atoms with Crippen molar-refractivity contribution in [2.45, 2.75) is 6.92 Å². The van der Waals surface area contributed by atoms with Crippen LogP contribution in [0.3, 0.4) is 0 Å². The number of aromatic nitrogens is 3. The molecular weight excluding hydrogens is 536 g/mol. The highest BCUT2D eigenvalue weighted by Crippen LogP contribution is 2.42. The number of anilines is 2. The van der Waals surface area contributed by atoms with Gasteiger partial charge in [0.25, 0.3) is 12.1 Å². The first-order chi connectivity index (χ1) is 20.0. The van der Waals surface area contributed by atoms with Gasteiger partial charge in [-0.25, -0.2) is 4.98 Å². The topological polar surface area (TPSA) is 110 Å². The fourth-order valence-corrected chi connectivity index (χ4v) is 6.21. The minimum Gasteiger partial charge on any atom is -0.397 e. The van der Waals surface area contributed by atoms with Crippen LogP contribution in [0.2, 0.25) is 0 Å². The quantitative estimate of drug-likeness (QED) is 0.279. The average molecular weight is 564 g/mol. The molecule has 0 spiro atoms. The number of thiophene rings is 1. The number of carbonyl (C=O) groups is 1. The van der Waals surface area contributed by atoms with E-state index >= 15 is 0 Å². The summed E-state index contributed by atoms with van der Waals surface area (Å²) in [6.07, 6.45) is 1.64. The molecule has 1 aliphatic rings. The fourth-order valence-electron chi connectivity index (χ4n) is 5.19. The van der Waals surface area contributed by atoms with Gasteiger partial charge in [-0.2, -0.15) is 0 Å². The molecule has 0 saturated carbocycles. The molecule has 3 aromatic carbocycles. The van der Waals surface area contributed by atoms with Crippen LogP contribution in [-0.2, 0) is 4.74 Å². The maximum Gasteiger partial charge on any atom is 0.306 e. The van der Waals surface area contributed by atoms with E-state index in [0.29, 0.717) is 41.7 Å². The molecule has 0 atom stereocenters. The standard InChI is InChI=1S/C31H26N6O3S/c1-19-9-11-21(12-10-19)24-17-25(23-8-4-6-20-5-2-3-7-22(20)23)33-31-27(24)28(32)29(41-31)30(38)34-26-18-37(35-40-26)36-13-15-39-16-14-36/h2-12,17-18H,13-16H2,1H3,(H2-,32,34,35,38)/p+1. The van der Waals surface area contributed by atoms with Crippen LogP contribution in [0.25, 0.3) is 43.4 Å². The molecule has 6 aromatic rings. The Labute approximate surface area is 239 Å². The number of hydrogen-bond acceptors (Lipinski definition) is 8. The molecule has 204 valence electrons. The van der Waals surface area contributed by atoms with Gasteiger partial charge in [-0.05, 0) is 34.9 Å². The molecule has 10 heteroatoms. The van der Waals surface area contributed by atoms with E-state index in [1.807, 2.05) is 23.2 Å². The zero-order valence-electron chi connectivity index (χ0n) is 22.3. The van der Waals surface area contributed by atoms with Crippen LogP contribution in [0.5, 0.6) is 0 Å². The second-order valence-electron chi connectivity index (χ2n) is 9.98. The number of nitrogen functional groups attached to an aromatic ring is 1. The third-order valence-corrected chi connectivity index (χ3v) is 8.40. The van der Waals surface area contributed by atoms with Crippen molar-refractivity contribution < 1.29 is 18.8 Å². The van der Waals surface area contributed by atoms with Gasteiger partial charge in [-0.15, -0.1) is 16.3 Å². The molecule has 0 unspecified atom stereocenters. The lowest BCUT2D eigenvalue weighted by Crippen LogP contribution is -2.62. The molecular formula is C31H27N6O3S+. The molecule has 9 nitrogen and oxygen atoms in total. The highest BCUT2D eigenvalue weighted by Gasteiger charge is 2.26. The zero-order valence-corrected chi connectivity index (χ0v) is 23.1. The fraction of sp³-hybridized carbons (Fsp3) is 0.161. The Bertz CT molecular complexity index is 1900. The van der Waals surface area contributed by atoms with Gasteiger partial charge in [0.15, 0.2) is 0 Å². The number of aryl methyl sites for hydroxylation is 1. The maximum atomic E-state index is 13.5. The number of amides is 1. The van der Waals surface area contributed by atoms with E-state index in [1.54, 1.807) is 11.0 Å². The Morgan fingerprint density at radius 2 is 1.80 bits per heavy atom. The maximum absolute atomic E-state index is 13.5. The molecule has 1 saturated heterocycles. The van der Waals surface area contributed by atoms with E-state index in [1.165, 1.54) is 11.3 Å². The molecule has 3 aromatic heterocycles. The molecule has 4 heterocycles. The van der Waals surface area contributed by atoms with Gasteiger partial charge in [-0.3, -0.25) is 14.6 Å². The number of nitrogens with two attached hydrogens (primary N) is 1. The molecule has 41 heavy (non-hydrogen) atoms. The van der Waals surface area contributed by atoms with Gasteiger partial charge in [0.1, 0.15) is 9.71 Å². The number of ether oxygens (including phenoxy) is 1. The molecule has 0 radical (unpaired) electrons. The molecule has 0 bridgehead atoms. The second kappa shape index (κ2) is 10.3. The zero-order chi connectivity index (χ0) is 27.9. The third-order valence-electron chi connectivity index (χ3n) is 7.30. The summed E-state index contributed by atoms with van der Waals surface area (Å²) in [6.45, 7) is 4.63. The first-order valence-electron chi connectivity index (χ1n) is 13.4. The van der Waals surface area contributed by atoms with Crippen molar-refractivity contribution in [3.05, 3.63) is 89.4 Å². The van der Waals surface area contributed by atoms with Crippen molar-refractivity contribution in [2.75, 3.05) is 42.4 Å². The minimum atomic E-state index is -0.377. The van der Waals surface area contributed by atoms with Crippen LogP contribution in [-0.4, -0.2) is 42.5 Å². The Kier molecular flexibility index (Phi) is 6.33. The monoisotopic (exact) mass is 563 g/mol. The van der Waals surface area contributed by atoms with Crippen LogP contribution in [0.4, 0.5) is 11.6 Å². The molecule has 1 fully saturated rings. The van der Waals surface area contributed by atoms with E-state index in [9.17, 15) is 4.79 Å². The smallest absolute Gasteiger partial charge is 0.306 e. The lowest BCUT2D eigenvalue weighted by atomic mass is 9.96. The summed E-state index contributed by atoms with van der Waals surface area (Å²) in [5, 5.41) is 11.8. The van der Waals surface area contributed by atoms with Crippen molar-refractivity contribution in [3.63, 3.8) is 0 Å². The predicted octanol–water partition coefficient (Wildman–Crippen LogP) is 5.17. The Hall–Kier alpha value is -4.80. The summed E-state index contributed by atoms with van der Waals surface area (Å²) < 4.78 is 10.8. The predicted molar refractivity (Wildman–Crippen MR) is 161 cm³/mol. The number of nitrogens with zero attached hydrogens (tertiary/aromatic N) is 4. The Balaban J connectivity index is 1.32. The van der Waals surface area contributed by atoms with Crippen molar-refractivity contribution in [1.29, 1.82) is 0 Å². The number of pyridine rings is 1. The molecule has 3 N–H and O–H groups in total. The molecule has 1 amide bonds. The first-order valence-corrected chi connectivity index (χ1v) is 14.2. The van der Waals surface area contributed by atoms with E-state index < -0.39 is 0 Å². The van der Waals surface area contributed by atoms with Crippen LogP contribution in [0, 0.1) is 6.92 Å². The Morgan fingerprint density at radius 3 is 2.63 bits per heavy atom. The van der Waals surface area contributed by atoms with Gasteiger partial charge in [0, 0.05) is 10.9 Å². The van der Waals surface area contributed by atoms with Crippen molar-refractivity contribution in [1.82, 2.24) is 10.3 Å². The summed E-state index contributed by atoms with van der Waals surface area (Å²) in [7, 11) is 0. The van der Waals surface area contributed by atoms with Gasteiger partial charge < -0.3 is 10.5 Å². The SMILES string of the molecule is Cc1ccc(-c2cc(-c3cccc4ccccc34)nc3sc(C(=O)Nc4c[n+](N5CCOCC5)no4)c(N)c23)cc1. The van der Waals surface area contributed by atoms with Gasteiger partial charge in [0.05, 0.1) is 42.5 Å². The van der Waals surface area contributed by atoms with Crippen LogP contribution >= 0.6 is 11.3 Å². The van der Waals surface area contributed by atoms with Crippen molar-refractivity contribution in [3.8, 4) is 22.4 Å². The Morgan fingerprint density at radius 1 is 1.02 bits per heavy atom. The number of carbonyl (C=O) groups excluding carboxylic acids is 1. The molecule has 1 aliphatic heterocycles.